The molecule has 0 N–H and O–H groups in total. The average Bonchev–Trinajstić information content (AvgIpc) is 3.51. The quantitative estimate of drug-likeness (QED) is 0.227. The Morgan fingerprint density at radius 3 is 2.11 bits per heavy atom. The van der Waals surface area contributed by atoms with Crippen molar-refractivity contribution in [3.63, 3.8) is 0 Å². The number of Topliss-reactive ketones (excluding diaryl/α,β-unsaturated/α-hetero) is 1. The molecule has 0 aliphatic carbocycles. The van der Waals surface area contributed by atoms with Gasteiger partial charge < -0.3 is 4.74 Å². The van der Waals surface area contributed by atoms with Gasteiger partial charge in [0.05, 0.1) is 16.1 Å². The standard InChI is InChI=1S/C30H21NO2S2/c32-26(21-14-6-2-7-15-21)28-25(20-12-4-1-5-13-20)29(27(33-28)22-16-8-3-9-17-22)35-30-31-23-18-10-11-19-24(23)34-30/h1-19,25,28H/t25-,28+/m1/s1. The molecule has 0 saturated heterocycles. The first kappa shape index (κ1) is 21.8. The van der Waals surface area contributed by atoms with Gasteiger partial charge in [-0.2, -0.15) is 0 Å². The number of hydrogen-bond acceptors (Lipinski definition) is 5. The van der Waals surface area contributed by atoms with Gasteiger partial charge in [0.1, 0.15) is 5.76 Å². The highest BCUT2D eigenvalue weighted by atomic mass is 32.2. The SMILES string of the molecule is O=C(c1ccccc1)[C@H]1OC(c2ccccc2)=C(Sc2nc3ccccc3s2)[C@@H]1c1ccccc1. The maximum absolute atomic E-state index is 13.8. The highest BCUT2D eigenvalue weighted by molar-refractivity contribution is 8.05. The second-order valence-electron chi connectivity index (χ2n) is 8.27. The summed E-state index contributed by atoms with van der Waals surface area (Å²) in [5.41, 5.74) is 3.64. The normalized spacial score (nSPS) is 17.5. The molecule has 0 fully saturated rings. The summed E-state index contributed by atoms with van der Waals surface area (Å²) in [5, 5.41) is 0. The molecule has 6 rings (SSSR count). The molecular weight excluding hydrogens is 470 g/mol. The van der Waals surface area contributed by atoms with Gasteiger partial charge in [0, 0.05) is 16.0 Å². The fourth-order valence-corrected chi connectivity index (χ4v) is 6.77. The summed E-state index contributed by atoms with van der Waals surface area (Å²) in [6.07, 6.45) is -0.660. The number of carbonyl (C=O) groups is 1. The van der Waals surface area contributed by atoms with Gasteiger partial charge in [-0.3, -0.25) is 4.79 Å². The Morgan fingerprint density at radius 2 is 1.40 bits per heavy atom. The summed E-state index contributed by atoms with van der Waals surface area (Å²) in [6.45, 7) is 0. The van der Waals surface area contributed by atoms with E-state index in [0.717, 1.165) is 36.3 Å². The third kappa shape index (κ3) is 4.29. The zero-order valence-corrected chi connectivity index (χ0v) is 20.3. The summed E-state index contributed by atoms with van der Waals surface area (Å²) in [4.78, 5) is 19.6. The fourth-order valence-electron chi connectivity index (χ4n) is 4.39. The molecule has 0 saturated carbocycles. The van der Waals surface area contributed by atoms with Crippen molar-refractivity contribution in [2.24, 2.45) is 0 Å². The summed E-state index contributed by atoms with van der Waals surface area (Å²) < 4.78 is 8.66. The lowest BCUT2D eigenvalue weighted by molar-refractivity contribution is 0.0754. The topological polar surface area (TPSA) is 39.2 Å². The van der Waals surface area contributed by atoms with Crippen molar-refractivity contribution in [1.29, 1.82) is 0 Å². The zero-order chi connectivity index (χ0) is 23.6. The van der Waals surface area contributed by atoms with Gasteiger partial charge in [-0.05, 0) is 17.7 Å². The molecule has 1 aliphatic heterocycles. The predicted molar refractivity (Wildman–Crippen MR) is 144 cm³/mol. The number of ketones is 1. The Balaban J connectivity index is 1.50. The van der Waals surface area contributed by atoms with E-state index in [1.807, 2.05) is 97.1 Å². The van der Waals surface area contributed by atoms with Gasteiger partial charge in [0.2, 0.25) is 5.78 Å². The Kier molecular flexibility index (Phi) is 5.94. The van der Waals surface area contributed by atoms with Gasteiger partial charge in [0.25, 0.3) is 0 Å². The number of carbonyl (C=O) groups excluding carboxylic acids is 1. The van der Waals surface area contributed by atoms with Crippen LogP contribution in [0.4, 0.5) is 0 Å². The van der Waals surface area contributed by atoms with E-state index in [4.69, 9.17) is 9.72 Å². The predicted octanol–water partition coefficient (Wildman–Crippen LogP) is 7.82. The number of fused-ring (bicyclic) bond motifs is 1. The van der Waals surface area contributed by atoms with Crippen molar-refractivity contribution in [3.05, 3.63) is 137 Å². The minimum atomic E-state index is -0.660. The first-order chi connectivity index (χ1) is 17.3. The Labute approximate surface area is 212 Å². The van der Waals surface area contributed by atoms with Crippen LogP contribution in [0.3, 0.4) is 0 Å². The van der Waals surface area contributed by atoms with Crippen molar-refractivity contribution in [2.45, 2.75) is 16.4 Å². The number of ether oxygens (including phenoxy) is 1. The number of nitrogens with zero attached hydrogens (tertiary/aromatic N) is 1. The van der Waals surface area contributed by atoms with Crippen molar-refractivity contribution in [2.75, 3.05) is 0 Å². The van der Waals surface area contributed by atoms with E-state index in [2.05, 4.69) is 18.2 Å². The lowest BCUT2D eigenvalue weighted by Gasteiger charge is -2.20. The smallest absolute Gasteiger partial charge is 0.204 e. The third-order valence-electron chi connectivity index (χ3n) is 6.04. The van der Waals surface area contributed by atoms with Gasteiger partial charge in [-0.15, -0.1) is 11.3 Å². The molecule has 0 amide bonds. The van der Waals surface area contributed by atoms with Gasteiger partial charge in [-0.25, -0.2) is 4.98 Å². The van der Waals surface area contributed by atoms with Crippen LogP contribution in [-0.4, -0.2) is 16.9 Å². The number of thiazole rings is 1. The number of hydrogen-bond donors (Lipinski definition) is 0. The average molecular weight is 492 g/mol. The van der Waals surface area contributed by atoms with E-state index in [1.54, 1.807) is 23.1 Å². The number of aromatic nitrogens is 1. The second-order valence-corrected chi connectivity index (χ2v) is 10.6. The highest BCUT2D eigenvalue weighted by Crippen LogP contribution is 2.52. The molecular formula is C30H21NO2S2. The molecule has 4 aromatic carbocycles. The molecule has 0 bridgehead atoms. The third-order valence-corrected chi connectivity index (χ3v) is 8.29. The van der Waals surface area contributed by atoms with E-state index >= 15 is 0 Å². The molecule has 5 aromatic rings. The van der Waals surface area contributed by atoms with Crippen LogP contribution < -0.4 is 0 Å². The maximum Gasteiger partial charge on any atom is 0.204 e. The summed E-state index contributed by atoms with van der Waals surface area (Å²) >= 11 is 3.27. The first-order valence-corrected chi connectivity index (χ1v) is 13.0. The molecule has 0 radical (unpaired) electrons. The lowest BCUT2D eigenvalue weighted by atomic mass is 9.89. The van der Waals surface area contributed by atoms with E-state index in [1.165, 1.54) is 0 Å². The molecule has 1 aliphatic rings. The molecule has 1 aromatic heterocycles. The number of rotatable bonds is 6. The summed E-state index contributed by atoms with van der Waals surface area (Å²) in [6, 6.07) is 37.8. The van der Waals surface area contributed by atoms with E-state index in [9.17, 15) is 4.79 Å². The largest absolute Gasteiger partial charge is 0.480 e. The van der Waals surface area contributed by atoms with Crippen molar-refractivity contribution >= 4 is 44.9 Å². The van der Waals surface area contributed by atoms with E-state index < -0.39 is 6.10 Å². The molecule has 170 valence electrons. The van der Waals surface area contributed by atoms with Crippen LogP contribution in [0.5, 0.6) is 0 Å². The minimum absolute atomic E-state index is 0.0206. The number of benzene rings is 4. The maximum atomic E-state index is 13.8. The van der Waals surface area contributed by atoms with E-state index in [0.29, 0.717) is 5.56 Å². The monoisotopic (exact) mass is 491 g/mol. The summed E-state index contributed by atoms with van der Waals surface area (Å²) in [5.74, 6) is 0.488. The number of para-hydroxylation sites is 1. The van der Waals surface area contributed by atoms with Crippen LogP contribution in [0.25, 0.3) is 16.0 Å². The molecule has 3 nitrogen and oxygen atoms in total. The Morgan fingerprint density at radius 1 is 0.771 bits per heavy atom. The fraction of sp³-hybridized carbons (Fsp3) is 0.0667. The summed E-state index contributed by atoms with van der Waals surface area (Å²) in [7, 11) is 0. The Hall–Kier alpha value is -3.67. The zero-order valence-electron chi connectivity index (χ0n) is 18.7. The van der Waals surface area contributed by atoms with Gasteiger partial charge in [0.15, 0.2) is 10.4 Å². The van der Waals surface area contributed by atoms with Gasteiger partial charge >= 0.3 is 0 Å². The van der Waals surface area contributed by atoms with Crippen LogP contribution in [0, 0.1) is 0 Å². The number of thioether (sulfide) groups is 1. The van der Waals surface area contributed by atoms with E-state index in [-0.39, 0.29) is 11.7 Å². The second kappa shape index (κ2) is 9.53. The molecule has 0 unspecified atom stereocenters. The Bertz CT molecular complexity index is 1480. The molecule has 2 heterocycles. The van der Waals surface area contributed by atoms with Crippen LogP contribution in [0.15, 0.2) is 125 Å². The minimum Gasteiger partial charge on any atom is -0.480 e. The van der Waals surface area contributed by atoms with Crippen molar-refractivity contribution < 1.29 is 9.53 Å². The van der Waals surface area contributed by atoms with Crippen LogP contribution >= 0.6 is 23.1 Å². The molecule has 2 atom stereocenters. The van der Waals surface area contributed by atoms with Gasteiger partial charge in [-0.1, -0.05) is 115 Å². The van der Waals surface area contributed by atoms with Crippen LogP contribution in [-0.2, 0) is 4.74 Å². The van der Waals surface area contributed by atoms with Crippen molar-refractivity contribution in [1.82, 2.24) is 4.98 Å². The first-order valence-electron chi connectivity index (χ1n) is 11.4. The van der Waals surface area contributed by atoms with Crippen LogP contribution in [0.1, 0.15) is 27.4 Å². The molecule has 0 spiro atoms. The molecule has 35 heavy (non-hydrogen) atoms. The lowest BCUT2D eigenvalue weighted by Crippen LogP contribution is -2.27. The van der Waals surface area contributed by atoms with Crippen LogP contribution in [0.2, 0.25) is 0 Å². The highest BCUT2D eigenvalue weighted by Gasteiger charge is 2.43. The molecule has 5 heteroatoms. The van der Waals surface area contributed by atoms with Crippen molar-refractivity contribution in [3.8, 4) is 0 Å².